The summed E-state index contributed by atoms with van der Waals surface area (Å²) in [5, 5.41) is 0. The van der Waals surface area contributed by atoms with Gasteiger partial charge in [0.2, 0.25) is 0 Å². The molecule has 0 heteroatoms. The highest BCUT2D eigenvalue weighted by molar-refractivity contribution is 5.41. The molecule has 0 atom stereocenters. The molecule has 0 heterocycles. The molecule has 0 amide bonds. The topological polar surface area (TPSA) is 0 Å². The molecule has 8 aliphatic rings. The van der Waals surface area contributed by atoms with E-state index in [0.29, 0.717) is 0 Å². The minimum Gasteiger partial charge on any atom is -0.0690 e. The van der Waals surface area contributed by atoms with E-state index in [9.17, 15) is 0 Å². The van der Waals surface area contributed by atoms with Gasteiger partial charge in [-0.05, 0) is 178 Å². The van der Waals surface area contributed by atoms with Crippen LogP contribution in [-0.4, -0.2) is 0 Å². The highest BCUT2D eigenvalue weighted by Crippen LogP contribution is 2.38. The van der Waals surface area contributed by atoms with Crippen molar-refractivity contribution in [2.75, 3.05) is 0 Å². The summed E-state index contributed by atoms with van der Waals surface area (Å²) in [6.45, 7) is 8.99. The smallest absolute Gasteiger partial charge is 0.0102 e. The maximum absolute atomic E-state index is 2.40. The van der Waals surface area contributed by atoms with Crippen molar-refractivity contribution in [3.63, 3.8) is 0 Å². The van der Waals surface area contributed by atoms with Crippen LogP contribution >= 0.6 is 0 Å². The molecular weight excluding hydrogens is 480 g/mol. The fourth-order valence-electron chi connectivity index (χ4n) is 8.21. The van der Waals surface area contributed by atoms with Crippen molar-refractivity contribution in [2.24, 2.45) is 0 Å². The van der Waals surface area contributed by atoms with Gasteiger partial charge in [-0.1, -0.05) is 68.9 Å². The highest BCUT2D eigenvalue weighted by atomic mass is 14.2. The van der Waals surface area contributed by atoms with Crippen LogP contribution in [0.5, 0.6) is 0 Å². The van der Waals surface area contributed by atoms with Gasteiger partial charge in [-0.3, -0.25) is 0 Å². The van der Waals surface area contributed by atoms with E-state index in [1.807, 2.05) is 0 Å². The number of hydrogen-bond acceptors (Lipinski definition) is 0. The van der Waals surface area contributed by atoms with Gasteiger partial charge in [-0.2, -0.15) is 0 Å². The van der Waals surface area contributed by atoms with Crippen molar-refractivity contribution < 1.29 is 0 Å². The summed E-state index contributed by atoms with van der Waals surface area (Å²) in [6.07, 6.45) is 37.1. The van der Waals surface area contributed by atoms with E-state index in [1.165, 1.54) is 128 Å². The Kier molecular flexibility index (Phi) is 10.4. The summed E-state index contributed by atoms with van der Waals surface area (Å²) in [5.41, 5.74) is 19.9. The third-order valence-corrected chi connectivity index (χ3v) is 10.2. The van der Waals surface area contributed by atoms with Gasteiger partial charge in [0.05, 0.1) is 0 Å². The predicted molar refractivity (Wildman–Crippen MR) is 175 cm³/mol. The number of rotatable bonds is 0. The Bertz CT molecular complexity index is 1020. The molecule has 0 saturated carbocycles. The Hall–Kier alpha value is -2.08. The van der Waals surface area contributed by atoms with E-state index in [0.717, 1.165) is 0 Å². The lowest BCUT2D eigenvalue weighted by molar-refractivity contribution is 0.679. The molecule has 0 spiro atoms. The third kappa shape index (κ3) is 8.02. The van der Waals surface area contributed by atoms with Gasteiger partial charge in [0.15, 0.2) is 0 Å². The van der Waals surface area contributed by atoms with Crippen molar-refractivity contribution in [1.82, 2.24) is 0 Å². The molecule has 0 bridgehead atoms. The largest absolute Gasteiger partial charge is 0.0690 e. The van der Waals surface area contributed by atoms with E-state index >= 15 is 0 Å². The molecule has 0 aromatic heterocycles. The molecule has 0 fully saturated rings. The van der Waals surface area contributed by atoms with Crippen LogP contribution in [0.1, 0.15) is 156 Å². The standard InChI is InChI=1S/4C10H14/c4*1-8-6-9-4-2-3-5-10(9)7-8/h4*6H,2-5,7H2,1H3. The van der Waals surface area contributed by atoms with Crippen LogP contribution in [0, 0.1) is 0 Å². The third-order valence-electron chi connectivity index (χ3n) is 10.2. The van der Waals surface area contributed by atoms with Crippen LogP contribution in [-0.2, 0) is 0 Å². The minimum atomic E-state index is 1.29. The second kappa shape index (κ2) is 14.2. The summed E-state index contributed by atoms with van der Waals surface area (Å²) >= 11 is 0. The molecule has 0 unspecified atom stereocenters. The van der Waals surface area contributed by atoms with Crippen LogP contribution in [0.2, 0.25) is 0 Å². The lowest BCUT2D eigenvalue weighted by Crippen LogP contribution is -1.93. The van der Waals surface area contributed by atoms with Gasteiger partial charge < -0.3 is 0 Å². The van der Waals surface area contributed by atoms with Crippen LogP contribution in [0.3, 0.4) is 0 Å². The fraction of sp³-hybridized carbons (Fsp3) is 0.600. The van der Waals surface area contributed by atoms with E-state index in [4.69, 9.17) is 0 Å². The average Bonchev–Trinajstić information content (AvgIpc) is 3.71. The van der Waals surface area contributed by atoms with Gasteiger partial charge in [-0.15, -0.1) is 0 Å². The fourth-order valence-corrected chi connectivity index (χ4v) is 8.21. The molecule has 0 radical (unpaired) electrons. The molecule has 8 rings (SSSR count). The number of hydrogen-bond donors (Lipinski definition) is 0. The molecule has 0 aliphatic heterocycles. The van der Waals surface area contributed by atoms with E-state index in [2.05, 4.69) is 52.0 Å². The lowest BCUT2D eigenvalue weighted by atomic mass is 9.94. The first kappa shape index (κ1) is 29.4. The van der Waals surface area contributed by atoms with Gasteiger partial charge in [0.1, 0.15) is 0 Å². The van der Waals surface area contributed by atoms with Gasteiger partial charge in [0, 0.05) is 0 Å². The quantitative estimate of drug-likeness (QED) is 0.289. The second-order valence-electron chi connectivity index (χ2n) is 14.0. The Morgan fingerprint density at radius 1 is 0.300 bits per heavy atom. The zero-order chi connectivity index (χ0) is 27.9. The first-order valence-electron chi connectivity index (χ1n) is 17.0. The Balaban J connectivity index is 0.000000108. The van der Waals surface area contributed by atoms with Crippen molar-refractivity contribution >= 4 is 0 Å². The Morgan fingerprint density at radius 2 is 0.500 bits per heavy atom. The lowest BCUT2D eigenvalue weighted by Gasteiger charge is -2.12. The minimum absolute atomic E-state index is 1.29. The van der Waals surface area contributed by atoms with Crippen molar-refractivity contribution in [3.8, 4) is 0 Å². The normalized spacial score (nSPS) is 24.7. The predicted octanol–water partition coefficient (Wildman–Crippen LogP) is 12.8. The molecule has 40 heavy (non-hydrogen) atoms. The van der Waals surface area contributed by atoms with Crippen molar-refractivity contribution in [1.29, 1.82) is 0 Å². The average molecular weight is 537 g/mol. The van der Waals surface area contributed by atoms with Gasteiger partial charge in [-0.25, -0.2) is 0 Å². The van der Waals surface area contributed by atoms with E-state index in [-0.39, 0.29) is 0 Å². The van der Waals surface area contributed by atoms with Crippen molar-refractivity contribution in [2.45, 2.75) is 156 Å². The Morgan fingerprint density at radius 3 is 0.700 bits per heavy atom. The van der Waals surface area contributed by atoms with Crippen LogP contribution in [0.15, 0.2) is 91.2 Å². The van der Waals surface area contributed by atoms with Gasteiger partial charge >= 0.3 is 0 Å². The highest BCUT2D eigenvalue weighted by Gasteiger charge is 2.18. The summed E-state index contributed by atoms with van der Waals surface area (Å²) in [7, 11) is 0. The molecule has 8 aliphatic carbocycles. The maximum atomic E-state index is 2.40. The molecular formula is C40H56. The van der Waals surface area contributed by atoms with Crippen LogP contribution in [0.25, 0.3) is 0 Å². The molecule has 0 saturated heterocycles. The first-order valence-corrected chi connectivity index (χ1v) is 17.0. The van der Waals surface area contributed by atoms with Crippen LogP contribution in [0.4, 0.5) is 0 Å². The number of allylic oxidation sites excluding steroid dienone is 16. The zero-order valence-electron chi connectivity index (χ0n) is 26.5. The van der Waals surface area contributed by atoms with Crippen LogP contribution < -0.4 is 0 Å². The summed E-state index contributed by atoms with van der Waals surface area (Å²) in [6, 6.07) is 0. The summed E-state index contributed by atoms with van der Waals surface area (Å²) < 4.78 is 0. The molecule has 0 aromatic carbocycles. The summed E-state index contributed by atoms with van der Waals surface area (Å²) in [5.74, 6) is 0. The Labute approximate surface area is 246 Å². The molecule has 0 aromatic rings. The van der Waals surface area contributed by atoms with Crippen molar-refractivity contribution in [3.05, 3.63) is 91.2 Å². The summed E-state index contributed by atoms with van der Waals surface area (Å²) in [4.78, 5) is 0. The monoisotopic (exact) mass is 536 g/mol. The molecule has 216 valence electrons. The second-order valence-corrected chi connectivity index (χ2v) is 14.0. The SMILES string of the molecule is CC1=CC2=C(CCCC2)C1.CC1=CC2=C(CCCC2)C1.CC1=CC2=C(CCCC2)C1.CC1=CC2=C(CCCC2)C1. The van der Waals surface area contributed by atoms with Gasteiger partial charge in [0.25, 0.3) is 0 Å². The van der Waals surface area contributed by atoms with E-state index in [1.54, 1.807) is 66.9 Å². The molecule has 0 N–H and O–H groups in total. The van der Waals surface area contributed by atoms with E-state index < -0.39 is 0 Å². The maximum Gasteiger partial charge on any atom is -0.0102 e. The first-order chi connectivity index (χ1) is 19.4. The zero-order valence-corrected chi connectivity index (χ0v) is 26.5. The molecule has 0 nitrogen and oxygen atoms in total.